The Hall–Kier alpha value is -2.10. The first-order chi connectivity index (χ1) is 10.6. The van der Waals surface area contributed by atoms with Crippen LogP contribution in [0.4, 0.5) is 17.5 Å². The molecule has 1 aromatic carbocycles. The lowest BCUT2D eigenvalue weighted by molar-refractivity contribution is 0.742. The Bertz CT molecular complexity index is 602. The lowest BCUT2D eigenvalue weighted by Gasteiger charge is -2.11. The van der Waals surface area contributed by atoms with Crippen LogP contribution in [0.5, 0.6) is 0 Å². The van der Waals surface area contributed by atoms with E-state index in [1.165, 1.54) is 30.4 Å². The smallest absolute Gasteiger partial charge is 0.229 e. The molecule has 0 aliphatic heterocycles. The fraction of sp³-hybridized carbons (Fsp3) is 0.444. The van der Waals surface area contributed by atoms with E-state index in [4.69, 9.17) is 0 Å². The number of unbranched alkanes of at least 4 members (excludes halogenated alkanes) is 2. The fourth-order valence-electron chi connectivity index (χ4n) is 2.48. The Morgan fingerprint density at radius 1 is 0.909 bits per heavy atom. The minimum atomic E-state index is 0.642. The minimum Gasteiger partial charge on any atom is -0.370 e. The molecule has 0 spiro atoms. The molecule has 0 radical (unpaired) electrons. The van der Waals surface area contributed by atoms with E-state index in [2.05, 4.69) is 59.6 Å². The lowest BCUT2D eigenvalue weighted by atomic mass is 10.1. The van der Waals surface area contributed by atoms with Gasteiger partial charge in [0.2, 0.25) is 5.95 Å². The van der Waals surface area contributed by atoms with Gasteiger partial charge in [0.05, 0.1) is 0 Å². The average Bonchev–Trinajstić information content (AvgIpc) is 2.42. The number of nitrogens with zero attached hydrogens (tertiary/aromatic N) is 2. The molecule has 1 heterocycles. The zero-order valence-electron chi connectivity index (χ0n) is 14.0. The van der Waals surface area contributed by atoms with Crippen LogP contribution in [-0.4, -0.2) is 16.5 Å². The Morgan fingerprint density at radius 3 is 2.32 bits per heavy atom. The molecule has 4 heteroatoms. The molecule has 22 heavy (non-hydrogen) atoms. The minimum absolute atomic E-state index is 0.642. The summed E-state index contributed by atoms with van der Waals surface area (Å²) in [5.74, 6) is 1.53. The van der Waals surface area contributed by atoms with Crippen molar-refractivity contribution in [3.63, 3.8) is 0 Å². The van der Waals surface area contributed by atoms with E-state index in [0.29, 0.717) is 5.95 Å². The van der Waals surface area contributed by atoms with Crippen molar-refractivity contribution in [1.29, 1.82) is 0 Å². The van der Waals surface area contributed by atoms with Crippen LogP contribution < -0.4 is 10.6 Å². The number of anilines is 3. The van der Waals surface area contributed by atoms with Crippen LogP contribution in [0.2, 0.25) is 0 Å². The van der Waals surface area contributed by atoms with Crippen LogP contribution in [0, 0.1) is 20.8 Å². The Labute approximate surface area is 133 Å². The predicted molar refractivity (Wildman–Crippen MR) is 94.0 cm³/mol. The first-order valence-electron chi connectivity index (χ1n) is 8.01. The van der Waals surface area contributed by atoms with Crippen LogP contribution in [0.25, 0.3) is 0 Å². The summed E-state index contributed by atoms with van der Waals surface area (Å²) in [6.45, 7) is 9.34. The highest BCUT2D eigenvalue weighted by atomic mass is 15.1. The lowest BCUT2D eigenvalue weighted by Crippen LogP contribution is -2.07. The summed E-state index contributed by atoms with van der Waals surface area (Å²) in [5.41, 5.74) is 4.45. The van der Waals surface area contributed by atoms with Gasteiger partial charge in [-0.25, -0.2) is 4.98 Å². The SMILES string of the molecule is CCCCCNc1cc(C)nc(Nc2cc(C)cc(C)c2)n1. The number of rotatable bonds is 7. The second-order valence-electron chi connectivity index (χ2n) is 5.85. The van der Waals surface area contributed by atoms with Gasteiger partial charge in [-0.2, -0.15) is 4.98 Å². The Kier molecular flexibility index (Phi) is 5.75. The maximum atomic E-state index is 4.55. The van der Waals surface area contributed by atoms with Crippen molar-refractivity contribution in [3.8, 4) is 0 Å². The van der Waals surface area contributed by atoms with E-state index in [9.17, 15) is 0 Å². The van der Waals surface area contributed by atoms with Crippen molar-refractivity contribution in [2.75, 3.05) is 17.2 Å². The van der Waals surface area contributed by atoms with Crippen molar-refractivity contribution in [1.82, 2.24) is 9.97 Å². The van der Waals surface area contributed by atoms with Gasteiger partial charge in [-0.3, -0.25) is 0 Å². The molecule has 4 nitrogen and oxygen atoms in total. The third-order valence-electron chi connectivity index (χ3n) is 3.42. The highest BCUT2D eigenvalue weighted by Gasteiger charge is 2.03. The van der Waals surface area contributed by atoms with E-state index >= 15 is 0 Å². The van der Waals surface area contributed by atoms with E-state index in [1.807, 2.05) is 13.0 Å². The van der Waals surface area contributed by atoms with Gasteiger partial charge < -0.3 is 10.6 Å². The van der Waals surface area contributed by atoms with Crippen molar-refractivity contribution in [2.45, 2.75) is 47.0 Å². The molecule has 0 atom stereocenters. The number of aryl methyl sites for hydroxylation is 3. The summed E-state index contributed by atoms with van der Waals surface area (Å²) in [6.07, 6.45) is 3.63. The van der Waals surface area contributed by atoms with E-state index in [0.717, 1.165) is 23.7 Å². The molecule has 118 valence electrons. The topological polar surface area (TPSA) is 49.8 Å². The van der Waals surface area contributed by atoms with Gasteiger partial charge in [0.1, 0.15) is 5.82 Å². The van der Waals surface area contributed by atoms with Gasteiger partial charge in [-0.05, 0) is 50.5 Å². The normalized spacial score (nSPS) is 10.5. The number of benzene rings is 1. The molecular formula is C18H26N4. The molecule has 2 aromatic rings. The maximum absolute atomic E-state index is 4.55. The van der Waals surface area contributed by atoms with Gasteiger partial charge >= 0.3 is 0 Å². The first-order valence-corrected chi connectivity index (χ1v) is 8.01. The molecule has 0 saturated carbocycles. The van der Waals surface area contributed by atoms with Crippen LogP contribution in [0.3, 0.4) is 0 Å². The summed E-state index contributed by atoms with van der Waals surface area (Å²) in [4.78, 5) is 9.02. The molecule has 0 saturated heterocycles. The highest BCUT2D eigenvalue weighted by molar-refractivity contribution is 5.57. The zero-order chi connectivity index (χ0) is 15.9. The van der Waals surface area contributed by atoms with Crippen molar-refractivity contribution < 1.29 is 0 Å². The van der Waals surface area contributed by atoms with E-state index < -0.39 is 0 Å². The largest absolute Gasteiger partial charge is 0.370 e. The summed E-state index contributed by atoms with van der Waals surface area (Å²) in [6, 6.07) is 8.35. The van der Waals surface area contributed by atoms with Crippen LogP contribution >= 0.6 is 0 Å². The standard InChI is InChI=1S/C18H26N4/c1-5-6-7-8-19-17-12-15(4)20-18(22-17)21-16-10-13(2)9-14(3)11-16/h9-12H,5-8H2,1-4H3,(H2,19,20,21,22). The highest BCUT2D eigenvalue weighted by Crippen LogP contribution is 2.19. The van der Waals surface area contributed by atoms with Crippen molar-refractivity contribution >= 4 is 17.5 Å². The average molecular weight is 298 g/mol. The van der Waals surface area contributed by atoms with Gasteiger partial charge in [-0.1, -0.05) is 25.8 Å². The molecule has 0 amide bonds. The maximum Gasteiger partial charge on any atom is 0.229 e. The number of hydrogen-bond donors (Lipinski definition) is 2. The molecule has 0 aliphatic rings. The molecule has 2 N–H and O–H groups in total. The quantitative estimate of drug-likeness (QED) is 0.724. The molecular weight excluding hydrogens is 272 g/mol. The van der Waals surface area contributed by atoms with Gasteiger partial charge in [0, 0.05) is 24.0 Å². The Balaban J connectivity index is 2.08. The van der Waals surface area contributed by atoms with Crippen molar-refractivity contribution in [2.24, 2.45) is 0 Å². The second-order valence-corrected chi connectivity index (χ2v) is 5.85. The number of aromatic nitrogens is 2. The second kappa shape index (κ2) is 7.78. The third kappa shape index (κ3) is 5.02. The first kappa shape index (κ1) is 16.3. The predicted octanol–water partition coefficient (Wildman–Crippen LogP) is 4.75. The zero-order valence-corrected chi connectivity index (χ0v) is 14.0. The van der Waals surface area contributed by atoms with Crippen molar-refractivity contribution in [3.05, 3.63) is 41.1 Å². The summed E-state index contributed by atoms with van der Waals surface area (Å²) in [5, 5.41) is 6.68. The van der Waals surface area contributed by atoms with E-state index in [1.54, 1.807) is 0 Å². The molecule has 2 rings (SSSR count). The monoisotopic (exact) mass is 298 g/mol. The summed E-state index contributed by atoms with van der Waals surface area (Å²) in [7, 11) is 0. The molecule has 1 aromatic heterocycles. The molecule has 0 fully saturated rings. The summed E-state index contributed by atoms with van der Waals surface area (Å²) < 4.78 is 0. The summed E-state index contributed by atoms with van der Waals surface area (Å²) >= 11 is 0. The van der Waals surface area contributed by atoms with Gasteiger partial charge in [0.15, 0.2) is 0 Å². The van der Waals surface area contributed by atoms with E-state index in [-0.39, 0.29) is 0 Å². The molecule has 0 bridgehead atoms. The molecule has 0 aliphatic carbocycles. The van der Waals surface area contributed by atoms with Crippen LogP contribution in [-0.2, 0) is 0 Å². The third-order valence-corrected chi connectivity index (χ3v) is 3.42. The van der Waals surface area contributed by atoms with Crippen LogP contribution in [0.15, 0.2) is 24.3 Å². The number of nitrogens with one attached hydrogen (secondary N) is 2. The molecule has 0 unspecified atom stereocenters. The van der Waals surface area contributed by atoms with Gasteiger partial charge in [-0.15, -0.1) is 0 Å². The van der Waals surface area contributed by atoms with Crippen LogP contribution in [0.1, 0.15) is 43.0 Å². The fourth-order valence-corrected chi connectivity index (χ4v) is 2.48. The number of hydrogen-bond acceptors (Lipinski definition) is 4. The Morgan fingerprint density at radius 2 is 1.64 bits per heavy atom. The van der Waals surface area contributed by atoms with Gasteiger partial charge in [0.25, 0.3) is 0 Å².